The predicted molar refractivity (Wildman–Crippen MR) is 104 cm³/mol. The number of rotatable bonds is 7. The highest BCUT2D eigenvalue weighted by Gasteiger charge is 2.26. The molecule has 1 aliphatic heterocycles. The summed E-state index contributed by atoms with van der Waals surface area (Å²) >= 11 is 1.60. The molecule has 0 saturated carbocycles. The van der Waals surface area contributed by atoms with Crippen LogP contribution in [0.1, 0.15) is 6.42 Å². The van der Waals surface area contributed by atoms with Crippen LogP contribution in [0, 0.1) is 10.1 Å². The Morgan fingerprint density at radius 1 is 1.26 bits per heavy atom. The van der Waals surface area contributed by atoms with E-state index in [1.807, 2.05) is 6.26 Å². The van der Waals surface area contributed by atoms with Crippen LogP contribution in [0.25, 0.3) is 0 Å². The molecule has 0 radical (unpaired) electrons. The maximum Gasteiger partial charge on any atom is 0.328 e. The van der Waals surface area contributed by atoms with Gasteiger partial charge in [0.2, 0.25) is 0 Å². The van der Waals surface area contributed by atoms with Crippen LogP contribution in [0.3, 0.4) is 0 Å². The molecule has 1 saturated heterocycles. The summed E-state index contributed by atoms with van der Waals surface area (Å²) in [6.07, 6.45) is 2.45. The van der Waals surface area contributed by atoms with Crippen molar-refractivity contribution in [3.05, 3.63) is 34.4 Å². The van der Waals surface area contributed by atoms with Crippen LogP contribution in [-0.4, -0.2) is 73.2 Å². The molecule has 0 spiro atoms. The predicted octanol–water partition coefficient (Wildman–Crippen LogP) is 1.72. The van der Waals surface area contributed by atoms with E-state index in [4.69, 9.17) is 4.74 Å². The topological polar surface area (TPSA) is 105 Å². The average molecular weight is 396 g/mol. The molecule has 9 nitrogen and oxygen atoms in total. The van der Waals surface area contributed by atoms with Crippen LogP contribution in [0.4, 0.5) is 16.2 Å². The molecular formula is C17H24N4O5S. The molecule has 148 valence electrons. The number of nitro benzene ring substituents is 1. The maximum atomic E-state index is 12.5. The van der Waals surface area contributed by atoms with Gasteiger partial charge in [0.25, 0.3) is 5.69 Å². The molecule has 1 aromatic rings. The second kappa shape index (κ2) is 10.0. The third kappa shape index (κ3) is 5.75. The molecule has 1 N–H and O–H groups in total. The Kier molecular flexibility index (Phi) is 7.71. The van der Waals surface area contributed by atoms with E-state index in [1.165, 1.54) is 19.2 Å². The van der Waals surface area contributed by atoms with Crippen LogP contribution < -0.4 is 10.2 Å². The number of hydrogen-bond donors (Lipinski definition) is 1. The molecule has 2 amide bonds. The fourth-order valence-corrected chi connectivity index (χ4v) is 3.29. The Balaban J connectivity index is 1.88. The lowest BCUT2D eigenvalue weighted by Crippen LogP contribution is -2.55. The first-order valence-electron chi connectivity index (χ1n) is 8.58. The third-order valence-corrected chi connectivity index (χ3v) is 5.03. The van der Waals surface area contributed by atoms with Gasteiger partial charge in [-0.1, -0.05) is 0 Å². The summed E-state index contributed by atoms with van der Waals surface area (Å²) in [6.45, 7) is 2.22. The van der Waals surface area contributed by atoms with E-state index >= 15 is 0 Å². The number of amides is 2. The van der Waals surface area contributed by atoms with Gasteiger partial charge in [0.05, 0.1) is 12.0 Å². The lowest BCUT2D eigenvalue weighted by molar-refractivity contribution is -0.384. The van der Waals surface area contributed by atoms with Gasteiger partial charge in [0.15, 0.2) is 0 Å². The molecule has 0 bridgehead atoms. The number of piperazine rings is 1. The SMILES string of the molecule is COC(=O)C(CCSC)NC(=O)N1CCN(c2ccc([N+](=O)[O-])cc2)CC1. The molecular weight excluding hydrogens is 372 g/mol. The molecule has 10 heteroatoms. The molecule has 1 aromatic carbocycles. The van der Waals surface area contributed by atoms with E-state index in [0.29, 0.717) is 32.6 Å². The van der Waals surface area contributed by atoms with Gasteiger partial charge in [0, 0.05) is 44.0 Å². The van der Waals surface area contributed by atoms with Crippen LogP contribution in [0.15, 0.2) is 24.3 Å². The number of carbonyl (C=O) groups excluding carboxylic acids is 2. The number of nitro groups is 1. The van der Waals surface area contributed by atoms with Gasteiger partial charge in [0.1, 0.15) is 6.04 Å². The minimum absolute atomic E-state index is 0.0517. The van der Waals surface area contributed by atoms with E-state index in [1.54, 1.807) is 28.8 Å². The quantitative estimate of drug-likeness (QED) is 0.425. The van der Waals surface area contributed by atoms with E-state index in [9.17, 15) is 19.7 Å². The monoisotopic (exact) mass is 396 g/mol. The van der Waals surface area contributed by atoms with Crippen molar-refractivity contribution in [3.63, 3.8) is 0 Å². The Morgan fingerprint density at radius 2 is 1.89 bits per heavy atom. The van der Waals surface area contributed by atoms with Crippen molar-refractivity contribution in [3.8, 4) is 0 Å². The number of nitrogens with one attached hydrogen (secondary N) is 1. The molecule has 1 atom stereocenters. The fraction of sp³-hybridized carbons (Fsp3) is 0.529. The number of urea groups is 1. The Morgan fingerprint density at radius 3 is 2.41 bits per heavy atom. The van der Waals surface area contributed by atoms with Gasteiger partial charge >= 0.3 is 12.0 Å². The van der Waals surface area contributed by atoms with Crippen molar-refractivity contribution < 1.29 is 19.2 Å². The highest BCUT2D eigenvalue weighted by atomic mass is 32.2. The van der Waals surface area contributed by atoms with Crippen molar-refractivity contribution >= 4 is 35.1 Å². The van der Waals surface area contributed by atoms with Gasteiger partial charge in [-0.3, -0.25) is 10.1 Å². The van der Waals surface area contributed by atoms with Gasteiger partial charge in [-0.05, 0) is 30.6 Å². The standard InChI is InChI=1S/C17H24N4O5S/c1-26-16(22)15(7-12-27-2)18-17(23)20-10-8-19(9-11-20)13-3-5-14(6-4-13)21(24)25/h3-6,15H,7-12H2,1-2H3,(H,18,23). The molecule has 1 heterocycles. The van der Waals surface area contributed by atoms with E-state index < -0.39 is 16.9 Å². The minimum atomic E-state index is -0.650. The first-order chi connectivity index (χ1) is 13.0. The Bertz CT molecular complexity index is 662. The molecule has 0 aromatic heterocycles. The summed E-state index contributed by atoms with van der Waals surface area (Å²) in [4.78, 5) is 38.3. The lowest BCUT2D eigenvalue weighted by Gasteiger charge is -2.36. The minimum Gasteiger partial charge on any atom is -0.467 e. The number of benzene rings is 1. The number of non-ortho nitro benzene ring substituents is 1. The molecule has 2 rings (SSSR count). The number of esters is 1. The molecule has 27 heavy (non-hydrogen) atoms. The van der Waals surface area contributed by atoms with Crippen molar-refractivity contribution in [2.45, 2.75) is 12.5 Å². The van der Waals surface area contributed by atoms with Crippen molar-refractivity contribution in [1.29, 1.82) is 0 Å². The lowest BCUT2D eigenvalue weighted by atomic mass is 10.2. The molecule has 1 aliphatic rings. The van der Waals surface area contributed by atoms with Crippen molar-refractivity contribution in [2.75, 3.05) is 50.2 Å². The molecule has 1 unspecified atom stereocenters. The zero-order valence-corrected chi connectivity index (χ0v) is 16.2. The average Bonchev–Trinajstić information content (AvgIpc) is 2.70. The number of carbonyl (C=O) groups is 2. The van der Waals surface area contributed by atoms with Gasteiger partial charge < -0.3 is 19.9 Å². The zero-order valence-electron chi connectivity index (χ0n) is 15.4. The summed E-state index contributed by atoms with van der Waals surface area (Å²) in [7, 11) is 1.31. The molecule has 0 aliphatic carbocycles. The van der Waals surface area contributed by atoms with Gasteiger partial charge in [-0.25, -0.2) is 9.59 Å². The number of methoxy groups -OCH3 is 1. The van der Waals surface area contributed by atoms with Crippen LogP contribution >= 0.6 is 11.8 Å². The number of ether oxygens (including phenoxy) is 1. The number of thioether (sulfide) groups is 1. The summed E-state index contributed by atoms with van der Waals surface area (Å²) in [6, 6.07) is 5.44. The number of anilines is 1. The first kappa shape index (κ1) is 20.8. The second-order valence-electron chi connectivity index (χ2n) is 6.05. The highest BCUT2D eigenvalue weighted by Crippen LogP contribution is 2.20. The Labute approximate surface area is 162 Å². The summed E-state index contributed by atoms with van der Waals surface area (Å²) in [5, 5.41) is 13.5. The number of hydrogen-bond acceptors (Lipinski definition) is 7. The van der Waals surface area contributed by atoms with Crippen molar-refractivity contribution in [2.24, 2.45) is 0 Å². The first-order valence-corrected chi connectivity index (χ1v) is 9.97. The molecule has 1 fully saturated rings. The zero-order chi connectivity index (χ0) is 19.8. The Hall–Kier alpha value is -2.49. The maximum absolute atomic E-state index is 12.5. The summed E-state index contributed by atoms with van der Waals surface area (Å²) in [5.41, 5.74) is 0.934. The smallest absolute Gasteiger partial charge is 0.328 e. The largest absolute Gasteiger partial charge is 0.467 e. The summed E-state index contributed by atoms with van der Waals surface area (Å²) in [5.74, 6) is 0.301. The van der Waals surface area contributed by atoms with Crippen molar-refractivity contribution in [1.82, 2.24) is 10.2 Å². The van der Waals surface area contributed by atoms with Gasteiger partial charge in [-0.15, -0.1) is 0 Å². The van der Waals surface area contributed by atoms with E-state index in [0.717, 1.165) is 11.4 Å². The van der Waals surface area contributed by atoms with Crippen LogP contribution in [0.5, 0.6) is 0 Å². The van der Waals surface area contributed by atoms with Gasteiger partial charge in [-0.2, -0.15) is 11.8 Å². The summed E-state index contributed by atoms with van der Waals surface area (Å²) < 4.78 is 4.76. The van der Waals surface area contributed by atoms with Crippen LogP contribution in [-0.2, 0) is 9.53 Å². The highest BCUT2D eigenvalue weighted by molar-refractivity contribution is 7.98. The van der Waals surface area contributed by atoms with Crippen LogP contribution in [0.2, 0.25) is 0 Å². The third-order valence-electron chi connectivity index (χ3n) is 4.39. The normalized spacial score (nSPS) is 15.2. The van der Waals surface area contributed by atoms with E-state index in [2.05, 4.69) is 10.2 Å². The van der Waals surface area contributed by atoms with E-state index in [-0.39, 0.29) is 11.7 Å². The fourth-order valence-electron chi connectivity index (χ4n) is 2.82. The second-order valence-corrected chi connectivity index (χ2v) is 7.04. The number of nitrogens with zero attached hydrogens (tertiary/aromatic N) is 3.